The Morgan fingerprint density at radius 2 is 2.16 bits per heavy atom. The monoisotopic (exact) mass is 281 g/mol. The molecular formula is C15H17ClFNO. The molecule has 1 atom stereocenters. The van der Waals surface area contributed by atoms with Gasteiger partial charge in [0.05, 0.1) is 0 Å². The summed E-state index contributed by atoms with van der Waals surface area (Å²) >= 11 is 5.71. The van der Waals surface area contributed by atoms with E-state index < -0.39 is 0 Å². The quantitative estimate of drug-likeness (QED) is 0.923. The van der Waals surface area contributed by atoms with Gasteiger partial charge in [-0.1, -0.05) is 17.7 Å². The molecule has 3 rings (SSSR count). The van der Waals surface area contributed by atoms with Crippen LogP contribution in [-0.4, -0.2) is 18.9 Å². The van der Waals surface area contributed by atoms with E-state index in [2.05, 4.69) is 5.32 Å². The highest BCUT2D eigenvalue weighted by molar-refractivity contribution is 6.30. The Hall–Kier alpha value is -0.930. The molecule has 4 heteroatoms. The average Bonchev–Trinajstić information content (AvgIpc) is 3.07. The van der Waals surface area contributed by atoms with Gasteiger partial charge in [0.15, 0.2) is 0 Å². The first kappa shape index (κ1) is 13.1. The predicted octanol–water partition coefficient (Wildman–Crippen LogP) is 2.98. The molecule has 1 aromatic rings. The molecule has 0 aromatic heterocycles. The van der Waals surface area contributed by atoms with Crippen LogP contribution in [0, 0.1) is 17.2 Å². The lowest BCUT2D eigenvalue weighted by Gasteiger charge is -2.23. The first-order valence-corrected chi connectivity index (χ1v) is 7.16. The highest BCUT2D eigenvalue weighted by atomic mass is 35.5. The molecule has 1 N–H and O–H groups in total. The maximum absolute atomic E-state index is 13.7. The lowest BCUT2D eigenvalue weighted by Crippen LogP contribution is -2.31. The van der Waals surface area contributed by atoms with Crippen molar-refractivity contribution in [1.29, 1.82) is 0 Å². The summed E-state index contributed by atoms with van der Waals surface area (Å²) < 4.78 is 13.7. The number of halogens is 2. The Bertz CT molecular complexity index is 511. The second-order valence-corrected chi connectivity index (χ2v) is 6.18. The summed E-state index contributed by atoms with van der Waals surface area (Å²) in [5, 5.41) is 3.69. The number of carbonyl (C=O) groups excluding carboxylic acids is 1. The third kappa shape index (κ3) is 2.54. The fourth-order valence-corrected chi connectivity index (χ4v) is 3.41. The fraction of sp³-hybridized carbons (Fsp3) is 0.533. The zero-order valence-electron chi connectivity index (χ0n) is 10.7. The highest BCUT2D eigenvalue weighted by Crippen LogP contribution is 2.59. The Labute approximate surface area is 117 Å². The van der Waals surface area contributed by atoms with E-state index in [-0.39, 0.29) is 29.4 Å². The van der Waals surface area contributed by atoms with Crippen molar-refractivity contribution >= 4 is 17.4 Å². The van der Waals surface area contributed by atoms with Gasteiger partial charge in [0.1, 0.15) is 11.6 Å². The Kier molecular flexibility index (Phi) is 3.35. The molecule has 0 amide bonds. The smallest absolute Gasteiger partial charge is 0.141 e. The van der Waals surface area contributed by atoms with Crippen molar-refractivity contribution in [3.63, 3.8) is 0 Å². The number of Topliss-reactive ketones (excluding diaryl/α,β-unsaturated/α-hetero) is 1. The number of piperidine rings is 1. The molecule has 1 aliphatic heterocycles. The fourth-order valence-electron chi connectivity index (χ4n) is 3.26. The van der Waals surface area contributed by atoms with Crippen LogP contribution in [0.4, 0.5) is 4.39 Å². The van der Waals surface area contributed by atoms with E-state index in [0.717, 1.165) is 32.4 Å². The standard InChI is InChI=1S/C15H17ClFNO/c16-11-2-1-10(13(17)8-11)7-14(19)12-9-15(12)3-5-18-6-4-15/h1-2,8,12,18H,3-7,9H2. The molecule has 1 spiro atoms. The second-order valence-electron chi connectivity index (χ2n) is 5.75. The van der Waals surface area contributed by atoms with Crippen molar-refractivity contribution in [3.8, 4) is 0 Å². The molecule has 1 heterocycles. The van der Waals surface area contributed by atoms with Gasteiger partial charge >= 0.3 is 0 Å². The van der Waals surface area contributed by atoms with Crippen LogP contribution in [0.25, 0.3) is 0 Å². The van der Waals surface area contributed by atoms with Gasteiger partial charge in [0.25, 0.3) is 0 Å². The molecule has 2 aliphatic rings. The number of benzene rings is 1. The van der Waals surface area contributed by atoms with Crippen LogP contribution < -0.4 is 5.32 Å². The molecule has 102 valence electrons. The van der Waals surface area contributed by atoms with E-state index in [1.807, 2.05) is 0 Å². The summed E-state index contributed by atoms with van der Waals surface area (Å²) in [5.41, 5.74) is 0.691. The van der Waals surface area contributed by atoms with Crippen molar-refractivity contribution in [1.82, 2.24) is 5.32 Å². The lowest BCUT2D eigenvalue weighted by atomic mass is 9.89. The molecule has 1 aliphatic carbocycles. The summed E-state index contributed by atoms with van der Waals surface area (Å²) in [6.07, 6.45) is 3.34. The Morgan fingerprint density at radius 3 is 2.84 bits per heavy atom. The molecule has 1 unspecified atom stereocenters. The average molecular weight is 282 g/mol. The van der Waals surface area contributed by atoms with E-state index in [9.17, 15) is 9.18 Å². The largest absolute Gasteiger partial charge is 0.317 e. The minimum absolute atomic E-state index is 0.143. The predicted molar refractivity (Wildman–Crippen MR) is 72.8 cm³/mol. The Balaban J connectivity index is 1.66. The Morgan fingerprint density at radius 1 is 1.42 bits per heavy atom. The summed E-state index contributed by atoms with van der Waals surface area (Å²) in [6.45, 7) is 2.00. The topological polar surface area (TPSA) is 29.1 Å². The second kappa shape index (κ2) is 4.88. The summed E-state index contributed by atoms with van der Waals surface area (Å²) in [4.78, 5) is 12.3. The van der Waals surface area contributed by atoms with Crippen LogP contribution in [0.1, 0.15) is 24.8 Å². The van der Waals surface area contributed by atoms with Crippen molar-refractivity contribution in [2.45, 2.75) is 25.7 Å². The molecule has 2 nitrogen and oxygen atoms in total. The van der Waals surface area contributed by atoms with Crippen molar-refractivity contribution < 1.29 is 9.18 Å². The van der Waals surface area contributed by atoms with E-state index in [0.29, 0.717) is 10.6 Å². The van der Waals surface area contributed by atoms with E-state index in [4.69, 9.17) is 11.6 Å². The maximum Gasteiger partial charge on any atom is 0.141 e. The minimum Gasteiger partial charge on any atom is -0.317 e. The zero-order valence-corrected chi connectivity index (χ0v) is 11.5. The van der Waals surface area contributed by atoms with E-state index in [1.54, 1.807) is 12.1 Å². The highest BCUT2D eigenvalue weighted by Gasteiger charge is 2.56. The molecule has 2 fully saturated rings. The number of rotatable bonds is 3. The van der Waals surface area contributed by atoms with Crippen molar-refractivity contribution in [3.05, 3.63) is 34.6 Å². The van der Waals surface area contributed by atoms with Crippen LogP contribution in [0.2, 0.25) is 5.02 Å². The summed E-state index contributed by atoms with van der Waals surface area (Å²) in [5.74, 6) is -0.0475. The van der Waals surface area contributed by atoms with Crippen LogP contribution in [0.3, 0.4) is 0 Å². The van der Waals surface area contributed by atoms with Gasteiger partial charge in [-0.15, -0.1) is 0 Å². The first-order chi connectivity index (χ1) is 9.11. The minimum atomic E-state index is -0.374. The number of hydrogen-bond acceptors (Lipinski definition) is 2. The third-order valence-electron chi connectivity index (χ3n) is 4.56. The van der Waals surface area contributed by atoms with Crippen LogP contribution in [0.5, 0.6) is 0 Å². The summed E-state index contributed by atoms with van der Waals surface area (Å²) in [7, 11) is 0. The van der Waals surface area contributed by atoms with Crippen LogP contribution >= 0.6 is 11.6 Å². The lowest BCUT2D eigenvalue weighted by molar-refractivity contribution is -0.120. The molecule has 1 aromatic carbocycles. The van der Waals surface area contributed by atoms with Gasteiger partial charge in [-0.25, -0.2) is 4.39 Å². The molecule has 0 radical (unpaired) electrons. The first-order valence-electron chi connectivity index (χ1n) is 6.78. The van der Waals surface area contributed by atoms with Crippen molar-refractivity contribution in [2.24, 2.45) is 11.3 Å². The van der Waals surface area contributed by atoms with Gasteiger partial charge in [-0.2, -0.15) is 0 Å². The summed E-state index contributed by atoms with van der Waals surface area (Å²) in [6, 6.07) is 4.53. The van der Waals surface area contributed by atoms with Crippen molar-refractivity contribution in [2.75, 3.05) is 13.1 Å². The van der Waals surface area contributed by atoms with E-state index >= 15 is 0 Å². The molecule has 1 saturated heterocycles. The van der Waals surface area contributed by atoms with Gasteiger partial charge in [0, 0.05) is 17.4 Å². The van der Waals surface area contributed by atoms with Gasteiger partial charge in [0.2, 0.25) is 0 Å². The van der Waals surface area contributed by atoms with Crippen LogP contribution in [0.15, 0.2) is 18.2 Å². The van der Waals surface area contributed by atoms with E-state index in [1.165, 1.54) is 6.07 Å². The number of ketones is 1. The normalized spacial score (nSPS) is 24.4. The number of nitrogens with one attached hydrogen (secondary N) is 1. The van der Waals surface area contributed by atoms with Gasteiger partial charge in [-0.3, -0.25) is 4.79 Å². The van der Waals surface area contributed by atoms with Gasteiger partial charge in [-0.05, 0) is 55.5 Å². The maximum atomic E-state index is 13.7. The zero-order chi connectivity index (χ0) is 13.5. The molecule has 1 saturated carbocycles. The number of carbonyl (C=O) groups is 1. The van der Waals surface area contributed by atoms with Crippen LogP contribution in [-0.2, 0) is 11.2 Å². The van der Waals surface area contributed by atoms with Gasteiger partial charge < -0.3 is 5.32 Å². The molecule has 19 heavy (non-hydrogen) atoms. The third-order valence-corrected chi connectivity index (χ3v) is 4.79. The molecule has 0 bridgehead atoms. The number of hydrogen-bond donors (Lipinski definition) is 1. The SMILES string of the molecule is O=C(Cc1ccc(Cl)cc1F)C1CC12CCNCC2. The molecular weight excluding hydrogens is 265 g/mol.